The summed E-state index contributed by atoms with van der Waals surface area (Å²) in [5.74, 6) is -0.255. The predicted octanol–water partition coefficient (Wildman–Crippen LogP) is 2.16. The van der Waals surface area contributed by atoms with Gasteiger partial charge in [0.1, 0.15) is 0 Å². The van der Waals surface area contributed by atoms with Gasteiger partial charge < -0.3 is 9.84 Å². The van der Waals surface area contributed by atoms with E-state index < -0.39 is 5.97 Å². The van der Waals surface area contributed by atoms with Crippen molar-refractivity contribution in [2.45, 2.75) is 38.0 Å². The van der Waals surface area contributed by atoms with Gasteiger partial charge in [0.25, 0.3) is 0 Å². The number of nitrogens with one attached hydrogen (secondary N) is 1. The molecule has 88 valence electrons. The van der Waals surface area contributed by atoms with Crippen LogP contribution in [-0.4, -0.2) is 28.4 Å². The van der Waals surface area contributed by atoms with Gasteiger partial charge in [-0.1, -0.05) is 19.3 Å². The van der Waals surface area contributed by atoms with Crippen LogP contribution in [0.2, 0.25) is 0 Å². The first-order chi connectivity index (χ1) is 7.74. The fourth-order valence-corrected chi connectivity index (χ4v) is 2.42. The van der Waals surface area contributed by atoms with Crippen molar-refractivity contribution < 1.29 is 14.6 Å². The Balaban J connectivity index is 2.34. The highest BCUT2D eigenvalue weighted by atomic mass is 16.5. The van der Waals surface area contributed by atoms with Gasteiger partial charge in [0, 0.05) is 0 Å². The molecule has 1 aromatic rings. The monoisotopic (exact) mass is 224 g/mol. The first kappa shape index (κ1) is 11.0. The van der Waals surface area contributed by atoms with E-state index in [0.29, 0.717) is 5.88 Å². The quantitative estimate of drug-likeness (QED) is 0.825. The van der Waals surface area contributed by atoms with Crippen molar-refractivity contribution in [3.63, 3.8) is 0 Å². The number of methoxy groups -OCH3 is 1. The van der Waals surface area contributed by atoms with Gasteiger partial charge in [0.2, 0.25) is 5.88 Å². The molecule has 1 heterocycles. The van der Waals surface area contributed by atoms with Crippen LogP contribution in [0.25, 0.3) is 0 Å². The number of hydrogen-bond acceptors (Lipinski definition) is 3. The van der Waals surface area contributed by atoms with E-state index in [-0.39, 0.29) is 11.6 Å². The Morgan fingerprint density at radius 1 is 1.44 bits per heavy atom. The molecule has 1 aliphatic carbocycles. The summed E-state index contributed by atoms with van der Waals surface area (Å²) < 4.78 is 5.12. The number of nitrogens with zero attached hydrogens (tertiary/aromatic N) is 1. The minimum Gasteiger partial charge on any atom is -0.480 e. The number of hydrogen-bond donors (Lipinski definition) is 2. The third-order valence-corrected chi connectivity index (χ3v) is 3.19. The molecule has 5 nitrogen and oxygen atoms in total. The molecule has 0 atom stereocenters. The van der Waals surface area contributed by atoms with E-state index in [0.717, 1.165) is 31.2 Å². The minimum absolute atomic E-state index is 0.184. The average Bonchev–Trinajstić information content (AvgIpc) is 2.73. The number of H-pyrrole nitrogens is 1. The zero-order valence-electron chi connectivity index (χ0n) is 9.32. The van der Waals surface area contributed by atoms with Crippen LogP contribution in [0.5, 0.6) is 5.88 Å². The van der Waals surface area contributed by atoms with E-state index in [1.165, 1.54) is 13.5 Å². The van der Waals surface area contributed by atoms with Crippen LogP contribution < -0.4 is 4.74 Å². The number of carboxylic acids is 1. The van der Waals surface area contributed by atoms with Gasteiger partial charge >= 0.3 is 5.97 Å². The fraction of sp³-hybridized carbons (Fsp3) is 0.636. The molecule has 1 saturated carbocycles. The second-order valence-electron chi connectivity index (χ2n) is 4.16. The normalized spacial score (nSPS) is 17.3. The summed E-state index contributed by atoms with van der Waals surface area (Å²) >= 11 is 0. The highest BCUT2D eigenvalue weighted by Gasteiger charge is 2.27. The third-order valence-electron chi connectivity index (χ3n) is 3.19. The van der Waals surface area contributed by atoms with Crippen LogP contribution in [0.1, 0.15) is 54.1 Å². The molecular weight excluding hydrogens is 208 g/mol. The van der Waals surface area contributed by atoms with E-state index in [1.807, 2.05) is 0 Å². The molecule has 0 saturated heterocycles. The molecule has 1 aromatic heterocycles. The predicted molar refractivity (Wildman–Crippen MR) is 57.9 cm³/mol. The Kier molecular flexibility index (Phi) is 3.12. The average molecular weight is 224 g/mol. The molecule has 2 rings (SSSR count). The Morgan fingerprint density at radius 3 is 2.69 bits per heavy atom. The molecular formula is C11H16N2O3. The van der Waals surface area contributed by atoms with Gasteiger partial charge in [-0.25, -0.2) is 4.79 Å². The van der Waals surface area contributed by atoms with E-state index >= 15 is 0 Å². The number of aromatic nitrogens is 2. The van der Waals surface area contributed by atoms with Crippen molar-refractivity contribution >= 4 is 5.97 Å². The first-order valence-electron chi connectivity index (χ1n) is 5.59. The molecule has 0 aromatic carbocycles. The van der Waals surface area contributed by atoms with Crippen molar-refractivity contribution in [1.29, 1.82) is 0 Å². The van der Waals surface area contributed by atoms with E-state index in [2.05, 4.69) is 10.2 Å². The van der Waals surface area contributed by atoms with E-state index in [4.69, 9.17) is 9.84 Å². The van der Waals surface area contributed by atoms with Gasteiger partial charge in [-0.05, 0) is 18.8 Å². The van der Waals surface area contributed by atoms with Crippen molar-refractivity contribution in [3.8, 4) is 5.88 Å². The standard InChI is InChI=1S/C11H16N2O3/c1-16-10-8(7-5-3-2-4-6-7)9(11(14)15)12-13-10/h7H,2-6H2,1H3,(H,12,13)(H,14,15). The smallest absolute Gasteiger partial charge is 0.354 e. The fourth-order valence-electron chi connectivity index (χ4n) is 2.42. The van der Waals surface area contributed by atoms with Crippen molar-refractivity contribution in [2.24, 2.45) is 0 Å². The topological polar surface area (TPSA) is 75.2 Å². The number of rotatable bonds is 3. The van der Waals surface area contributed by atoms with E-state index in [9.17, 15) is 4.79 Å². The molecule has 0 amide bonds. The van der Waals surface area contributed by atoms with Crippen molar-refractivity contribution in [2.75, 3.05) is 7.11 Å². The van der Waals surface area contributed by atoms with Gasteiger partial charge in [0.15, 0.2) is 5.69 Å². The SMILES string of the molecule is COc1n[nH]c(C(=O)O)c1C1CCCCC1. The lowest BCUT2D eigenvalue weighted by atomic mass is 9.84. The molecule has 0 radical (unpaired) electrons. The molecule has 1 aliphatic rings. The van der Waals surface area contributed by atoms with Gasteiger partial charge in [0.05, 0.1) is 12.7 Å². The number of aromatic carboxylic acids is 1. The highest BCUT2D eigenvalue weighted by Crippen LogP contribution is 2.38. The largest absolute Gasteiger partial charge is 0.480 e. The second-order valence-corrected chi connectivity index (χ2v) is 4.16. The van der Waals surface area contributed by atoms with Crippen LogP contribution in [0.15, 0.2) is 0 Å². The molecule has 0 bridgehead atoms. The van der Waals surface area contributed by atoms with Crippen LogP contribution in [0, 0.1) is 0 Å². The van der Waals surface area contributed by atoms with Crippen LogP contribution in [0.3, 0.4) is 0 Å². The summed E-state index contributed by atoms with van der Waals surface area (Å²) in [4.78, 5) is 11.1. The summed E-state index contributed by atoms with van der Waals surface area (Å²) in [6, 6.07) is 0. The number of aromatic amines is 1. The maximum absolute atomic E-state index is 11.1. The zero-order chi connectivity index (χ0) is 11.5. The maximum Gasteiger partial charge on any atom is 0.354 e. The molecule has 0 spiro atoms. The Labute approximate surface area is 93.8 Å². The third kappa shape index (κ3) is 1.89. The minimum atomic E-state index is -0.962. The summed E-state index contributed by atoms with van der Waals surface area (Å²) in [6.07, 6.45) is 5.58. The van der Waals surface area contributed by atoms with Crippen molar-refractivity contribution in [1.82, 2.24) is 10.2 Å². The summed E-state index contributed by atoms with van der Waals surface area (Å²) in [6.45, 7) is 0. The Bertz CT molecular complexity index is 381. The van der Waals surface area contributed by atoms with Crippen LogP contribution in [-0.2, 0) is 0 Å². The van der Waals surface area contributed by atoms with Gasteiger partial charge in [-0.15, -0.1) is 5.10 Å². The van der Waals surface area contributed by atoms with Crippen molar-refractivity contribution in [3.05, 3.63) is 11.3 Å². The maximum atomic E-state index is 11.1. The lowest BCUT2D eigenvalue weighted by molar-refractivity contribution is 0.0688. The molecule has 0 unspecified atom stereocenters. The molecule has 1 fully saturated rings. The summed E-state index contributed by atoms with van der Waals surface area (Å²) in [7, 11) is 1.52. The van der Waals surface area contributed by atoms with Crippen LogP contribution >= 0.6 is 0 Å². The molecule has 16 heavy (non-hydrogen) atoms. The number of ether oxygens (including phenoxy) is 1. The molecule has 0 aliphatic heterocycles. The lowest BCUT2D eigenvalue weighted by Crippen LogP contribution is -2.10. The number of carboxylic acid groups (broad SMARTS) is 1. The summed E-state index contributed by atoms with van der Waals surface area (Å²) in [5, 5.41) is 15.5. The Hall–Kier alpha value is -1.52. The summed E-state index contributed by atoms with van der Waals surface area (Å²) in [5.41, 5.74) is 0.929. The molecule has 2 N–H and O–H groups in total. The first-order valence-corrected chi connectivity index (χ1v) is 5.59. The number of carbonyl (C=O) groups is 1. The Morgan fingerprint density at radius 2 is 2.12 bits per heavy atom. The van der Waals surface area contributed by atoms with Gasteiger partial charge in [-0.2, -0.15) is 0 Å². The second kappa shape index (κ2) is 4.55. The lowest BCUT2D eigenvalue weighted by Gasteiger charge is -2.21. The van der Waals surface area contributed by atoms with E-state index in [1.54, 1.807) is 0 Å². The highest BCUT2D eigenvalue weighted by molar-refractivity contribution is 5.88. The van der Waals surface area contributed by atoms with Gasteiger partial charge in [-0.3, -0.25) is 5.10 Å². The van der Waals surface area contributed by atoms with Crippen LogP contribution in [0.4, 0.5) is 0 Å². The zero-order valence-corrected chi connectivity index (χ0v) is 9.32. The molecule has 5 heteroatoms.